The average Bonchev–Trinajstić information content (AvgIpc) is 2.84. The van der Waals surface area contributed by atoms with Crippen molar-refractivity contribution in [2.24, 2.45) is 0 Å². The predicted molar refractivity (Wildman–Crippen MR) is 134 cm³/mol. The summed E-state index contributed by atoms with van der Waals surface area (Å²) < 4.78 is 81.8. The van der Waals surface area contributed by atoms with Crippen LogP contribution in [0, 0.1) is 6.92 Å². The van der Waals surface area contributed by atoms with Crippen molar-refractivity contribution < 1.29 is 40.6 Å². The van der Waals surface area contributed by atoms with Crippen LogP contribution in [0.5, 0.6) is 17.4 Å². The number of carbonyl (C=O) groups excluding carboxylic acids is 1. The number of halogens is 4. The van der Waals surface area contributed by atoms with Gasteiger partial charge < -0.3 is 14.2 Å². The van der Waals surface area contributed by atoms with Crippen LogP contribution in [0.25, 0.3) is 6.08 Å². The van der Waals surface area contributed by atoms with Crippen molar-refractivity contribution >= 4 is 33.6 Å². The summed E-state index contributed by atoms with van der Waals surface area (Å²) in [7, 11) is -2.62. The molecule has 8 nitrogen and oxygen atoms in total. The van der Waals surface area contributed by atoms with E-state index < -0.39 is 32.7 Å². The minimum atomic E-state index is -4.65. The number of rotatable bonds is 10. The maximum absolute atomic E-state index is 13.0. The highest BCUT2D eigenvalue weighted by atomic mass is 35.5. The van der Waals surface area contributed by atoms with Crippen LogP contribution in [0.3, 0.4) is 0 Å². The number of methoxy groups -OCH3 is 1. The van der Waals surface area contributed by atoms with E-state index in [-0.39, 0.29) is 28.7 Å². The highest BCUT2D eigenvalue weighted by Crippen LogP contribution is 2.36. The third-order valence-corrected chi connectivity index (χ3v) is 6.50. The smallest absolute Gasteiger partial charge is 0.417 e. The molecule has 202 valence electrons. The van der Waals surface area contributed by atoms with E-state index in [1.807, 2.05) is 4.72 Å². The van der Waals surface area contributed by atoms with Crippen LogP contribution in [0.4, 0.5) is 13.2 Å². The molecule has 0 aliphatic carbocycles. The molecule has 1 N–H and O–H groups in total. The fourth-order valence-corrected chi connectivity index (χ4v) is 4.09. The fourth-order valence-electron chi connectivity index (χ4n) is 2.94. The fraction of sp³-hybridized carbons (Fsp3) is 0.200. The number of hydrogen-bond donors (Lipinski definition) is 1. The number of aromatic nitrogens is 1. The standard InChI is InChI=1S/C25H22ClF3N2O6S/c1-16-3-8-20(9-4-16)38(33,34)31-23(32)10-6-17-5-7-19(36-12-11-35-2)14-22(17)37-24-21(26)13-18(15-30-24)25(27,28)29/h3-10,13-15H,11-12H2,1-2H3,(H,31,32)/b10-6+. The highest BCUT2D eigenvalue weighted by molar-refractivity contribution is 7.90. The molecule has 0 radical (unpaired) electrons. The second-order valence-electron chi connectivity index (χ2n) is 7.77. The molecule has 0 saturated heterocycles. The number of benzene rings is 2. The van der Waals surface area contributed by atoms with Gasteiger partial charge in [0.25, 0.3) is 15.9 Å². The third-order valence-electron chi connectivity index (χ3n) is 4.86. The summed E-state index contributed by atoms with van der Waals surface area (Å²) in [5.74, 6) is -0.916. The molecule has 0 aliphatic heterocycles. The number of pyridine rings is 1. The van der Waals surface area contributed by atoms with Gasteiger partial charge in [-0.1, -0.05) is 29.3 Å². The Kier molecular flexibility index (Phi) is 9.36. The number of alkyl halides is 3. The maximum Gasteiger partial charge on any atom is 0.417 e. The Hall–Kier alpha value is -3.61. The Labute approximate surface area is 222 Å². The van der Waals surface area contributed by atoms with Crippen molar-refractivity contribution in [1.82, 2.24) is 9.71 Å². The number of nitrogens with zero attached hydrogens (tertiary/aromatic N) is 1. The molecule has 1 heterocycles. The van der Waals surface area contributed by atoms with Crippen molar-refractivity contribution in [1.29, 1.82) is 0 Å². The zero-order valence-electron chi connectivity index (χ0n) is 20.1. The molecule has 0 fully saturated rings. The Balaban J connectivity index is 1.86. The second kappa shape index (κ2) is 12.3. The average molecular weight is 571 g/mol. The molecule has 0 aliphatic rings. The third kappa shape index (κ3) is 7.94. The van der Waals surface area contributed by atoms with Crippen LogP contribution in [0.1, 0.15) is 16.7 Å². The summed E-state index contributed by atoms with van der Waals surface area (Å²) in [6.07, 6.45) is -1.86. The first kappa shape index (κ1) is 29.0. The van der Waals surface area contributed by atoms with Crippen LogP contribution in [-0.4, -0.2) is 39.6 Å². The lowest BCUT2D eigenvalue weighted by atomic mass is 10.1. The molecule has 3 rings (SSSR count). The summed E-state index contributed by atoms with van der Waals surface area (Å²) in [4.78, 5) is 15.9. The molecule has 38 heavy (non-hydrogen) atoms. The Morgan fingerprint density at radius 3 is 2.45 bits per heavy atom. The van der Waals surface area contributed by atoms with Gasteiger partial charge in [0.15, 0.2) is 0 Å². The Morgan fingerprint density at radius 2 is 1.82 bits per heavy atom. The molecule has 0 spiro atoms. The van der Waals surface area contributed by atoms with Gasteiger partial charge >= 0.3 is 6.18 Å². The number of carbonyl (C=O) groups is 1. The summed E-state index contributed by atoms with van der Waals surface area (Å²) in [6.45, 7) is 2.28. The monoisotopic (exact) mass is 570 g/mol. The van der Waals surface area contributed by atoms with E-state index in [0.29, 0.717) is 24.6 Å². The van der Waals surface area contributed by atoms with Gasteiger partial charge in [-0.2, -0.15) is 13.2 Å². The molecule has 3 aromatic rings. The van der Waals surface area contributed by atoms with Crippen LogP contribution in [-0.2, 0) is 25.7 Å². The minimum Gasteiger partial charge on any atom is -0.491 e. The number of aryl methyl sites for hydroxylation is 1. The molecule has 13 heteroatoms. The normalized spacial score (nSPS) is 11.9. The Bertz CT molecular complexity index is 1430. The van der Waals surface area contributed by atoms with E-state index in [2.05, 4.69) is 4.98 Å². The maximum atomic E-state index is 13.0. The van der Waals surface area contributed by atoms with Gasteiger partial charge in [-0.25, -0.2) is 18.1 Å². The summed E-state index contributed by atoms with van der Waals surface area (Å²) in [5.41, 5.74) is 0.0443. The van der Waals surface area contributed by atoms with Crippen molar-refractivity contribution in [3.8, 4) is 17.4 Å². The summed E-state index contributed by atoms with van der Waals surface area (Å²) >= 11 is 5.96. The molecule has 0 atom stereocenters. The SMILES string of the molecule is COCCOc1ccc(/C=C/C(=O)NS(=O)(=O)c2ccc(C)cc2)c(Oc2ncc(C(F)(F)F)cc2Cl)c1. The zero-order valence-corrected chi connectivity index (χ0v) is 21.7. The van der Waals surface area contributed by atoms with Crippen molar-refractivity contribution in [2.45, 2.75) is 18.0 Å². The van der Waals surface area contributed by atoms with E-state index in [4.69, 9.17) is 25.8 Å². The van der Waals surface area contributed by atoms with Gasteiger partial charge in [0.2, 0.25) is 5.88 Å². The lowest BCUT2D eigenvalue weighted by molar-refractivity contribution is -0.137. The minimum absolute atomic E-state index is 0.0273. The van der Waals surface area contributed by atoms with E-state index in [9.17, 15) is 26.4 Å². The van der Waals surface area contributed by atoms with Crippen molar-refractivity contribution in [3.63, 3.8) is 0 Å². The van der Waals surface area contributed by atoms with Gasteiger partial charge in [0, 0.05) is 31.0 Å². The first-order valence-electron chi connectivity index (χ1n) is 10.9. The molecular weight excluding hydrogens is 549 g/mol. The number of sulfonamides is 1. The first-order valence-corrected chi connectivity index (χ1v) is 12.7. The number of ether oxygens (including phenoxy) is 3. The molecule has 0 unspecified atom stereocenters. The largest absolute Gasteiger partial charge is 0.491 e. The summed E-state index contributed by atoms with van der Waals surface area (Å²) in [5, 5.41) is -0.401. The van der Waals surface area contributed by atoms with E-state index in [1.165, 1.54) is 37.5 Å². The van der Waals surface area contributed by atoms with Gasteiger partial charge in [-0.3, -0.25) is 4.79 Å². The highest BCUT2D eigenvalue weighted by Gasteiger charge is 2.32. The van der Waals surface area contributed by atoms with Crippen LogP contribution in [0.15, 0.2) is 65.7 Å². The topological polar surface area (TPSA) is 104 Å². The van der Waals surface area contributed by atoms with E-state index in [1.54, 1.807) is 25.1 Å². The molecule has 0 saturated carbocycles. The van der Waals surface area contributed by atoms with E-state index in [0.717, 1.165) is 11.6 Å². The van der Waals surface area contributed by atoms with Gasteiger partial charge in [-0.15, -0.1) is 0 Å². The second-order valence-corrected chi connectivity index (χ2v) is 9.86. The molecule has 1 amide bonds. The van der Waals surface area contributed by atoms with Crippen molar-refractivity contribution in [2.75, 3.05) is 20.3 Å². The van der Waals surface area contributed by atoms with Gasteiger partial charge in [-0.05, 0) is 43.3 Å². The first-order chi connectivity index (χ1) is 17.9. The van der Waals surface area contributed by atoms with Crippen LogP contribution < -0.4 is 14.2 Å². The van der Waals surface area contributed by atoms with Crippen molar-refractivity contribution in [3.05, 3.63) is 82.5 Å². The molecule has 0 bridgehead atoms. The number of amides is 1. The predicted octanol–water partition coefficient (Wildman–Crippen LogP) is 5.40. The lowest BCUT2D eigenvalue weighted by Gasteiger charge is -2.13. The molecular formula is C25H22ClF3N2O6S. The van der Waals surface area contributed by atoms with Crippen LogP contribution >= 0.6 is 11.6 Å². The molecule has 1 aromatic heterocycles. The molecule has 2 aromatic carbocycles. The zero-order chi connectivity index (χ0) is 27.9. The number of nitrogens with one attached hydrogen (secondary N) is 1. The summed E-state index contributed by atoms with van der Waals surface area (Å²) in [6, 6.07) is 11.0. The van der Waals surface area contributed by atoms with Gasteiger partial charge in [0.05, 0.1) is 17.1 Å². The van der Waals surface area contributed by atoms with Crippen LogP contribution in [0.2, 0.25) is 5.02 Å². The quantitative estimate of drug-likeness (QED) is 0.257. The van der Waals surface area contributed by atoms with Gasteiger partial charge in [0.1, 0.15) is 23.1 Å². The number of hydrogen-bond acceptors (Lipinski definition) is 7. The lowest BCUT2D eigenvalue weighted by Crippen LogP contribution is -2.28. The Morgan fingerprint density at radius 1 is 1.11 bits per heavy atom. The van der Waals surface area contributed by atoms with E-state index >= 15 is 0 Å².